The molecule has 17 heavy (non-hydrogen) atoms. The lowest BCUT2D eigenvalue weighted by Gasteiger charge is -2.02. The Morgan fingerprint density at radius 3 is 2.59 bits per heavy atom. The zero-order valence-electron chi connectivity index (χ0n) is 9.09. The molecule has 0 aliphatic heterocycles. The molecule has 0 spiro atoms. The highest BCUT2D eigenvalue weighted by atomic mass is 16.3. The van der Waals surface area contributed by atoms with Crippen molar-refractivity contribution in [1.29, 1.82) is 0 Å². The molecule has 82 valence electrons. The van der Waals surface area contributed by atoms with Gasteiger partial charge in [0.05, 0.1) is 6.26 Å². The first kappa shape index (κ1) is 9.85. The minimum Gasteiger partial charge on any atom is -0.461 e. The molecule has 3 rings (SSSR count). The predicted molar refractivity (Wildman–Crippen MR) is 67.0 cm³/mol. The quantitative estimate of drug-likeness (QED) is 0.615. The molecule has 1 aromatic heterocycles. The number of furan rings is 1. The number of benzene rings is 2. The summed E-state index contributed by atoms with van der Waals surface area (Å²) in [7, 11) is 0. The van der Waals surface area contributed by atoms with Crippen LogP contribution in [0.1, 0.15) is 10.6 Å². The third-order valence-electron chi connectivity index (χ3n) is 2.86. The van der Waals surface area contributed by atoms with E-state index in [0.717, 1.165) is 22.8 Å². The van der Waals surface area contributed by atoms with Crippen LogP contribution in [-0.4, -0.2) is 6.29 Å². The smallest absolute Gasteiger partial charge is 0.185 e. The Balaban J connectivity index is 2.21. The zero-order valence-corrected chi connectivity index (χ0v) is 9.09. The van der Waals surface area contributed by atoms with E-state index < -0.39 is 0 Å². The Morgan fingerprint density at radius 2 is 1.76 bits per heavy atom. The van der Waals surface area contributed by atoms with Crippen LogP contribution in [0.2, 0.25) is 0 Å². The van der Waals surface area contributed by atoms with Gasteiger partial charge in [0.15, 0.2) is 12.0 Å². The summed E-state index contributed by atoms with van der Waals surface area (Å²) in [6.07, 6.45) is 2.28. The summed E-state index contributed by atoms with van der Waals surface area (Å²) in [5.74, 6) is 0.375. The van der Waals surface area contributed by atoms with Crippen molar-refractivity contribution in [2.24, 2.45) is 0 Å². The van der Waals surface area contributed by atoms with Crippen molar-refractivity contribution in [2.45, 2.75) is 0 Å². The Labute approximate surface area is 98.5 Å². The maximum Gasteiger partial charge on any atom is 0.185 e. The van der Waals surface area contributed by atoms with Crippen LogP contribution in [-0.2, 0) is 0 Å². The number of carbonyl (C=O) groups excluding carboxylic acids is 1. The van der Waals surface area contributed by atoms with Gasteiger partial charge in [0.2, 0.25) is 0 Å². The van der Waals surface area contributed by atoms with Gasteiger partial charge in [-0.2, -0.15) is 0 Å². The summed E-state index contributed by atoms with van der Waals surface area (Å²) in [4.78, 5) is 10.8. The number of fused-ring (bicyclic) bond motifs is 1. The first-order valence-corrected chi connectivity index (χ1v) is 5.40. The summed E-state index contributed by atoms with van der Waals surface area (Å²) in [5, 5.41) is 2.34. The summed E-state index contributed by atoms with van der Waals surface area (Å²) in [6, 6.07) is 16.1. The van der Waals surface area contributed by atoms with Crippen LogP contribution in [0.15, 0.2) is 59.2 Å². The number of carbonyl (C=O) groups is 1. The van der Waals surface area contributed by atoms with Gasteiger partial charge in [0.1, 0.15) is 0 Å². The molecule has 0 amide bonds. The fourth-order valence-corrected chi connectivity index (χ4v) is 2.01. The van der Waals surface area contributed by atoms with E-state index >= 15 is 0 Å². The molecule has 0 N–H and O–H groups in total. The molecule has 0 aliphatic rings. The molecule has 3 aromatic rings. The van der Waals surface area contributed by atoms with Gasteiger partial charge in [0.25, 0.3) is 0 Å². The summed E-state index contributed by atoms with van der Waals surface area (Å²) >= 11 is 0. The molecular formula is C15H10O2. The van der Waals surface area contributed by atoms with Gasteiger partial charge in [-0.1, -0.05) is 36.4 Å². The van der Waals surface area contributed by atoms with Gasteiger partial charge in [-0.05, 0) is 28.5 Å². The van der Waals surface area contributed by atoms with E-state index in [4.69, 9.17) is 4.42 Å². The summed E-state index contributed by atoms with van der Waals surface area (Å²) in [5.41, 5.74) is 1.84. The minimum atomic E-state index is 0.375. The second-order valence-electron chi connectivity index (χ2n) is 3.88. The molecule has 0 radical (unpaired) electrons. The van der Waals surface area contributed by atoms with E-state index in [9.17, 15) is 4.79 Å². The van der Waals surface area contributed by atoms with Crippen LogP contribution in [0, 0.1) is 0 Å². The average molecular weight is 222 g/mol. The lowest BCUT2D eigenvalue weighted by atomic mass is 10.0. The number of hydrogen-bond acceptors (Lipinski definition) is 2. The Bertz CT molecular complexity index is 680. The van der Waals surface area contributed by atoms with E-state index in [0.29, 0.717) is 5.76 Å². The van der Waals surface area contributed by atoms with Crippen LogP contribution in [0.4, 0.5) is 0 Å². The Kier molecular flexibility index (Phi) is 2.26. The lowest BCUT2D eigenvalue weighted by Crippen LogP contribution is -1.82. The topological polar surface area (TPSA) is 30.2 Å². The molecule has 0 aliphatic carbocycles. The number of rotatable bonds is 2. The molecule has 2 aromatic carbocycles. The molecule has 0 saturated carbocycles. The fraction of sp³-hybridized carbons (Fsp3) is 0. The van der Waals surface area contributed by atoms with Crippen molar-refractivity contribution in [3.63, 3.8) is 0 Å². The second-order valence-corrected chi connectivity index (χ2v) is 3.88. The second kappa shape index (κ2) is 3.91. The molecule has 2 heteroatoms. The van der Waals surface area contributed by atoms with Gasteiger partial charge in [0, 0.05) is 5.56 Å². The van der Waals surface area contributed by atoms with Crippen molar-refractivity contribution in [1.82, 2.24) is 0 Å². The van der Waals surface area contributed by atoms with Crippen molar-refractivity contribution >= 4 is 17.1 Å². The fourth-order valence-electron chi connectivity index (χ4n) is 2.01. The largest absolute Gasteiger partial charge is 0.461 e. The minimum absolute atomic E-state index is 0.375. The number of aldehydes is 1. The molecule has 1 heterocycles. The van der Waals surface area contributed by atoms with Gasteiger partial charge in [-0.25, -0.2) is 0 Å². The zero-order chi connectivity index (χ0) is 11.7. The first-order chi connectivity index (χ1) is 8.38. The summed E-state index contributed by atoms with van der Waals surface area (Å²) < 4.78 is 5.11. The third kappa shape index (κ3) is 1.64. The van der Waals surface area contributed by atoms with Gasteiger partial charge in [-0.15, -0.1) is 0 Å². The molecular weight excluding hydrogens is 212 g/mol. The van der Waals surface area contributed by atoms with Crippen LogP contribution in [0.25, 0.3) is 21.9 Å². The highest BCUT2D eigenvalue weighted by molar-refractivity contribution is 5.90. The van der Waals surface area contributed by atoms with Crippen LogP contribution < -0.4 is 0 Å². The normalized spacial score (nSPS) is 10.6. The van der Waals surface area contributed by atoms with E-state index in [1.807, 2.05) is 30.3 Å². The van der Waals surface area contributed by atoms with Gasteiger partial charge in [-0.3, -0.25) is 4.79 Å². The molecule has 0 unspecified atom stereocenters. The Morgan fingerprint density at radius 1 is 0.941 bits per heavy atom. The maximum atomic E-state index is 10.8. The van der Waals surface area contributed by atoms with E-state index in [-0.39, 0.29) is 0 Å². The standard InChI is InChI=1S/C15H10O2/c16-10-15-14(7-8-17-15)13-6-5-11-3-1-2-4-12(11)9-13/h1-10H. The SMILES string of the molecule is O=Cc1occc1-c1ccc2ccccc2c1. The van der Waals surface area contributed by atoms with Gasteiger partial charge < -0.3 is 4.42 Å². The monoisotopic (exact) mass is 222 g/mol. The van der Waals surface area contributed by atoms with Crippen molar-refractivity contribution in [2.75, 3.05) is 0 Å². The van der Waals surface area contributed by atoms with Crippen molar-refractivity contribution in [3.05, 3.63) is 60.6 Å². The van der Waals surface area contributed by atoms with E-state index in [2.05, 4.69) is 18.2 Å². The molecule has 0 bridgehead atoms. The molecule has 0 atom stereocenters. The number of hydrogen-bond donors (Lipinski definition) is 0. The predicted octanol–water partition coefficient (Wildman–Crippen LogP) is 3.91. The first-order valence-electron chi connectivity index (χ1n) is 5.40. The van der Waals surface area contributed by atoms with Crippen molar-refractivity contribution < 1.29 is 9.21 Å². The van der Waals surface area contributed by atoms with Crippen LogP contribution >= 0.6 is 0 Å². The molecule has 0 fully saturated rings. The highest BCUT2D eigenvalue weighted by Gasteiger charge is 2.07. The third-order valence-corrected chi connectivity index (χ3v) is 2.86. The molecule has 2 nitrogen and oxygen atoms in total. The van der Waals surface area contributed by atoms with Crippen molar-refractivity contribution in [3.8, 4) is 11.1 Å². The Hall–Kier alpha value is -2.35. The lowest BCUT2D eigenvalue weighted by molar-refractivity contribution is 0.110. The molecule has 0 saturated heterocycles. The summed E-state index contributed by atoms with van der Waals surface area (Å²) in [6.45, 7) is 0. The highest BCUT2D eigenvalue weighted by Crippen LogP contribution is 2.27. The van der Waals surface area contributed by atoms with E-state index in [1.165, 1.54) is 11.6 Å². The van der Waals surface area contributed by atoms with Gasteiger partial charge >= 0.3 is 0 Å². The maximum absolute atomic E-state index is 10.8. The van der Waals surface area contributed by atoms with E-state index in [1.54, 1.807) is 0 Å². The van der Waals surface area contributed by atoms with Crippen LogP contribution in [0.5, 0.6) is 0 Å². The van der Waals surface area contributed by atoms with Crippen LogP contribution in [0.3, 0.4) is 0 Å². The average Bonchev–Trinajstić information content (AvgIpc) is 2.86.